The Hall–Kier alpha value is -4.54. The zero-order valence-corrected chi connectivity index (χ0v) is 31.8. The molecular weight excluding hydrogens is 639 g/mol. The Bertz CT molecular complexity index is 2040. The minimum atomic E-state index is -0.828. The van der Waals surface area contributed by atoms with E-state index in [0.717, 1.165) is 73.8 Å². The van der Waals surface area contributed by atoms with Gasteiger partial charge in [0.05, 0.1) is 20.3 Å². The zero-order chi connectivity index (χ0) is 36.1. The van der Waals surface area contributed by atoms with Gasteiger partial charge in [0.25, 0.3) is 0 Å². The first-order valence-electron chi connectivity index (χ1n) is 19.1. The number of nitrogens with zero attached hydrogens (tertiary/aromatic N) is 1. The summed E-state index contributed by atoms with van der Waals surface area (Å²) in [6.07, 6.45) is 18.1. The number of benzene rings is 2. The van der Waals surface area contributed by atoms with Gasteiger partial charge in [-0.1, -0.05) is 113 Å². The van der Waals surface area contributed by atoms with E-state index in [1.165, 1.54) is 39.9 Å². The Morgan fingerprint density at radius 3 is 2.19 bits per heavy atom. The Labute approximate surface area is 310 Å². The molecule has 3 aromatic carbocycles. The van der Waals surface area contributed by atoms with Gasteiger partial charge in [-0.05, 0) is 102 Å². The lowest BCUT2D eigenvalue weighted by molar-refractivity contribution is 0.0553. The molecule has 3 aliphatic carbocycles. The molecule has 1 saturated carbocycles. The Kier molecular flexibility index (Phi) is 8.73. The highest BCUT2D eigenvalue weighted by atomic mass is 16.5. The van der Waals surface area contributed by atoms with Crippen molar-refractivity contribution in [1.29, 1.82) is 0 Å². The lowest BCUT2D eigenvalue weighted by Gasteiger charge is -2.52. The first kappa shape index (κ1) is 34.5. The van der Waals surface area contributed by atoms with Crippen molar-refractivity contribution in [2.24, 2.45) is 10.8 Å². The number of rotatable bonds is 4. The van der Waals surface area contributed by atoms with E-state index >= 15 is 0 Å². The molecule has 5 aliphatic rings. The Morgan fingerprint density at radius 2 is 1.44 bits per heavy atom. The van der Waals surface area contributed by atoms with Crippen LogP contribution in [-0.4, -0.2) is 38.3 Å². The lowest BCUT2D eigenvalue weighted by atomic mass is 9.52. The molecule has 2 aliphatic heterocycles. The third kappa shape index (κ3) is 5.99. The highest BCUT2D eigenvalue weighted by Crippen LogP contribution is 2.65. The SMILES string of the molecule is COc1ccc(C)c2c(c3c(cc1)OC(C1=CCC=C(N4CCOCC4)C=C1)(c1ccccc1)C=C3)C1(CC(C)(C)CC(C)(C)C1)c1ccccc1-2. The first-order chi connectivity index (χ1) is 25.0. The predicted octanol–water partition coefficient (Wildman–Crippen LogP) is 11.0. The van der Waals surface area contributed by atoms with E-state index in [0.29, 0.717) is 0 Å². The van der Waals surface area contributed by atoms with E-state index in [-0.39, 0.29) is 16.2 Å². The van der Waals surface area contributed by atoms with Crippen molar-refractivity contribution in [2.75, 3.05) is 33.4 Å². The molecule has 1 atom stereocenters. The highest BCUT2D eigenvalue weighted by Gasteiger charge is 2.54. The quantitative estimate of drug-likeness (QED) is 0.273. The van der Waals surface area contributed by atoms with Crippen LogP contribution in [0.25, 0.3) is 17.2 Å². The summed E-state index contributed by atoms with van der Waals surface area (Å²) in [5.41, 5.74) is 10.7. The van der Waals surface area contributed by atoms with Crippen LogP contribution in [0.5, 0.6) is 11.5 Å². The first-order valence-corrected chi connectivity index (χ1v) is 19.1. The summed E-state index contributed by atoms with van der Waals surface area (Å²) in [6.45, 7) is 15.5. The smallest absolute Gasteiger partial charge is 0.177 e. The molecule has 1 saturated heterocycles. The van der Waals surface area contributed by atoms with E-state index < -0.39 is 5.60 Å². The van der Waals surface area contributed by atoms with Gasteiger partial charge < -0.3 is 19.1 Å². The molecule has 268 valence electrons. The molecule has 3 aromatic rings. The van der Waals surface area contributed by atoms with Crippen molar-refractivity contribution >= 4 is 6.08 Å². The van der Waals surface area contributed by atoms with Gasteiger partial charge in [-0.2, -0.15) is 0 Å². The van der Waals surface area contributed by atoms with Gasteiger partial charge in [0.2, 0.25) is 0 Å². The van der Waals surface area contributed by atoms with Crippen LogP contribution in [-0.2, 0) is 15.8 Å². The standard InChI is InChI=1S/C48H53NO3/c1-34-19-22-38(50-6)23-24-42-40(44-43(34)39-17-10-11-18-41(39)47(44)32-45(2,3)31-46(4,5)33-47)25-26-48(52-42,35-13-8-7-9-14-35)36-15-12-16-37(21-20-36)49-27-29-51-30-28-49/h7-11,13-26H,12,27-33H2,1-6H3. The number of hydrogen-bond acceptors (Lipinski definition) is 4. The summed E-state index contributed by atoms with van der Waals surface area (Å²) in [4.78, 5) is 2.43. The third-order valence-electron chi connectivity index (χ3n) is 11.9. The second-order valence-electron chi connectivity index (χ2n) is 17.0. The van der Waals surface area contributed by atoms with E-state index in [9.17, 15) is 0 Å². The molecule has 52 heavy (non-hydrogen) atoms. The molecule has 8 rings (SSSR count). The van der Waals surface area contributed by atoms with Gasteiger partial charge in [0.15, 0.2) is 5.60 Å². The summed E-state index contributed by atoms with van der Waals surface area (Å²) >= 11 is 0. The number of aryl methyl sites for hydroxylation is 1. The normalized spacial score (nSPS) is 23.2. The van der Waals surface area contributed by atoms with Crippen molar-refractivity contribution in [1.82, 2.24) is 4.90 Å². The van der Waals surface area contributed by atoms with Gasteiger partial charge in [0.1, 0.15) is 11.5 Å². The largest absolute Gasteiger partial charge is 0.497 e. The fraction of sp³-hybridized carbons (Fsp3) is 0.375. The summed E-state index contributed by atoms with van der Waals surface area (Å²) in [6, 6.07) is 28.5. The summed E-state index contributed by atoms with van der Waals surface area (Å²) in [7, 11) is 1.74. The zero-order valence-electron chi connectivity index (χ0n) is 31.8. The fourth-order valence-corrected chi connectivity index (χ4v) is 10.5. The number of hydrogen-bond donors (Lipinski definition) is 0. The number of methoxy groups -OCH3 is 1. The Balaban J connectivity index is 1.39. The number of ether oxygens (including phenoxy) is 3. The number of fused-ring (bicyclic) bond motifs is 7. The maximum Gasteiger partial charge on any atom is 0.177 e. The van der Waals surface area contributed by atoms with Crippen LogP contribution in [0, 0.1) is 17.8 Å². The van der Waals surface area contributed by atoms with Crippen LogP contribution in [0.3, 0.4) is 0 Å². The molecule has 2 fully saturated rings. The monoisotopic (exact) mass is 691 g/mol. The summed E-state index contributed by atoms with van der Waals surface area (Å²) < 4.78 is 19.2. The Morgan fingerprint density at radius 1 is 0.731 bits per heavy atom. The van der Waals surface area contributed by atoms with E-state index in [1.54, 1.807) is 7.11 Å². The van der Waals surface area contributed by atoms with Gasteiger partial charge in [-0.15, -0.1) is 0 Å². The van der Waals surface area contributed by atoms with Crippen LogP contribution in [0.15, 0.2) is 121 Å². The molecule has 0 radical (unpaired) electrons. The molecule has 0 aromatic heterocycles. The molecule has 0 N–H and O–H groups in total. The molecule has 4 nitrogen and oxygen atoms in total. The van der Waals surface area contributed by atoms with Crippen molar-refractivity contribution in [3.63, 3.8) is 0 Å². The van der Waals surface area contributed by atoms with Crippen LogP contribution < -0.4 is 9.47 Å². The maximum atomic E-state index is 7.64. The topological polar surface area (TPSA) is 30.9 Å². The van der Waals surface area contributed by atoms with Crippen LogP contribution in [0.4, 0.5) is 0 Å². The van der Waals surface area contributed by atoms with E-state index in [2.05, 4.69) is 155 Å². The maximum absolute atomic E-state index is 7.64. The molecule has 4 heteroatoms. The van der Waals surface area contributed by atoms with Crippen LogP contribution >= 0.6 is 0 Å². The van der Waals surface area contributed by atoms with Crippen LogP contribution in [0.1, 0.15) is 81.2 Å². The molecule has 1 spiro atoms. The average Bonchev–Trinajstić information content (AvgIpc) is 3.25. The third-order valence-corrected chi connectivity index (χ3v) is 11.9. The van der Waals surface area contributed by atoms with Gasteiger partial charge >= 0.3 is 0 Å². The second-order valence-corrected chi connectivity index (χ2v) is 17.0. The minimum absolute atomic E-state index is 0.151. The van der Waals surface area contributed by atoms with Crippen molar-refractivity contribution in [2.45, 2.75) is 71.3 Å². The van der Waals surface area contributed by atoms with E-state index in [1.807, 2.05) is 0 Å². The molecule has 1 unspecified atom stereocenters. The fourth-order valence-electron chi connectivity index (χ4n) is 10.5. The summed E-state index contributed by atoms with van der Waals surface area (Å²) in [5.74, 6) is 1.65. The summed E-state index contributed by atoms with van der Waals surface area (Å²) in [5, 5.41) is 0. The van der Waals surface area contributed by atoms with Gasteiger partial charge in [-0.3, -0.25) is 0 Å². The van der Waals surface area contributed by atoms with Gasteiger partial charge in [0, 0.05) is 40.9 Å². The minimum Gasteiger partial charge on any atom is -0.497 e. The predicted molar refractivity (Wildman–Crippen MR) is 213 cm³/mol. The average molecular weight is 692 g/mol. The second kappa shape index (κ2) is 13.1. The highest BCUT2D eigenvalue weighted by molar-refractivity contribution is 5.88. The van der Waals surface area contributed by atoms with Crippen molar-refractivity contribution < 1.29 is 14.2 Å². The number of morpholine rings is 1. The lowest BCUT2D eigenvalue weighted by Crippen LogP contribution is -2.44. The molecule has 2 heterocycles. The van der Waals surface area contributed by atoms with Gasteiger partial charge in [-0.25, -0.2) is 0 Å². The van der Waals surface area contributed by atoms with Crippen molar-refractivity contribution in [3.8, 4) is 22.6 Å². The van der Waals surface area contributed by atoms with Crippen molar-refractivity contribution in [3.05, 3.63) is 148 Å². The molecule has 0 bridgehead atoms. The van der Waals surface area contributed by atoms with Crippen LogP contribution in [0.2, 0.25) is 0 Å². The number of allylic oxidation sites excluding steroid dienone is 3. The molecular formula is C48H53NO3. The van der Waals surface area contributed by atoms with E-state index in [4.69, 9.17) is 14.2 Å². The molecule has 0 amide bonds.